The highest BCUT2D eigenvalue weighted by atomic mass is 35.5. The van der Waals surface area contributed by atoms with Gasteiger partial charge in [0.2, 0.25) is 6.33 Å². The Kier molecular flexibility index (Phi) is 3.94. The highest BCUT2D eigenvalue weighted by molar-refractivity contribution is 6.32. The molecule has 0 bridgehead atoms. The van der Waals surface area contributed by atoms with Crippen LogP contribution in [0.15, 0.2) is 24.5 Å². The first-order valence-electron chi connectivity index (χ1n) is 5.42. The molecule has 0 fully saturated rings. The van der Waals surface area contributed by atoms with Crippen LogP contribution in [0.2, 0.25) is 5.02 Å². The summed E-state index contributed by atoms with van der Waals surface area (Å²) < 4.78 is 6.08. The summed E-state index contributed by atoms with van der Waals surface area (Å²) in [6.07, 6.45) is 1.13. The molecule has 9 heteroatoms. The van der Waals surface area contributed by atoms with Crippen LogP contribution in [0.4, 0.5) is 5.95 Å². The molecule has 1 aromatic carbocycles. The van der Waals surface area contributed by atoms with E-state index in [1.165, 1.54) is 13.2 Å². The maximum absolute atomic E-state index is 12.0. The van der Waals surface area contributed by atoms with E-state index in [0.29, 0.717) is 16.3 Å². The monoisotopic (exact) mass is 296 g/mol. The quantitative estimate of drug-likeness (QED) is 0.473. The third kappa shape index (κ3) is 2.91. The summed E-state index contributed by atoms with van der Waals surface area (Å²) in [4.78, 5) is 25.2. The van der Waals surface area contributed by atoms with Gasteiger partial charge in [0.15, 0.2) is 5.78 Å². The van der Waals surface area contributed by atoms with Crippen LogP contribution in [-0.2, 0) is 6.54 Å². The highest BCUT2D eigenvalue weighted by Crippen LogP contribution is 2.25. The number of methoxy groups -OCH3 is 1. The topological polar surface area (TPSA) is 100 Å². The number of rotatable bonds is 5. The van der Waals surface area contributed by atoms with Crippen LogP contribution in [0.1, 0.15) is 10.4 Å². The molecule has 0 radical (unpaired) electrons. The maximum Gasteiger partial charge on any atom is 0.490 e. The van der Waals surface area contributed by atoms with Gasteiger partial charge in [-0.2, -0.15) is 4.68 Å². The van der Waals surface area contributed by atoms with Crippen molar-refractivity contribution >= 4 is 23.3 Å². The number of nitrogens with zero attached hydrogens (tertiary/aromatic N) is 4. The van der Waals surface area contributed by atoms with E-state index in [2.05, 4.69) is 10.1 Å². The first-order chi connectivity index (χ1) is 9.51. The molecule has 20 heavy (non-hydrogen) atoms. The normalized spacial score (nSPS) is 10.3. The lowest BCUT2D eigenvalue weighted by Crippen LogP contribution is -2.11. The van der Waals surface area contributed by atoms with Gasteiger partial charge in [-0.05, 0) is 23.1 Å². The van der Waals surface area contributed by atoms with Gasteiger partial charge < -0.3 is 14.9 Å². The summed E-state index contributed by atoms with van der Waals surface area (Å²) in [7, 11) is 1.47. The van der Waals surface area contributed by atoms with E-state index < -0.39 is 10.9 Å². The summed E-state index contributed by atoms with van der Waals surface area (Å²) in [5.74, 6) is -0.389. The molecule has 8 nitrogen and oxygen atoms in total. The number of carbonyl (C=O) groups excluding carboxylic acids is 1. The van der Waals surface area contributed by atoms with E-state index in [-0.39, 0.29) is 12.3 Å². The number of ether oxygens (including phenoxy) is 1. The van der Waals surface area contributed by atoms with E-state index in [0.717, 1.165) is 11.0 Å². The SMILES string of the molecule is COc1ccc(C(=O)Cn2cnc([N+](=O)[O-])n2)cc1Cl. The number of ketones is 1. The van der Waals surface area contributed by atoms with Crippen LogP contribution in [0, 0.1) is 10.1 Å². The fourth-order valence-corrected chi connectivity index (χ4v) is 1.78. The lowest BCUT2D eigenvalue weighted by molar-refractivity contribution is -0.394. The van der Waals surface area contributed by atoms with Crippen molar-refractivity contribution in [1.82, 2.24) is 14.8 Å². The summed E-state index contributed by atoms with van der Waals surface area (Å²) in [5, 5.41) is 14.3. The Balaban J connectivity index is 2.15. The van der Waals surface area contributed by atoms with Gasteiger partial charge in [-0.15, -0.1) is 0 Å². The number of hydrogen-bond donors (Lipinski definition) is 0. The molecule has 2 aromatic rings. The highest BCUT2D eigenvalue weighted by Gasteiger charge is 2.16. The molecule has 1 heterocycles. The zero-order valence-corrected chi connectivity index (χ0v) is 11.1. The number of aromatic nitrogens is 3. The standard InChI is InChI=1S/C11H9ClN4O4/c1-20-10-3-2-7(4-8(10)12)9(17)5-15-6-13-11(14-15)16(18)19/h2-4,6H,5H2,1H3. The predicted octanol–water partition coefficient (Wildman–Crippen LogP) is 1.73. The van der Waals surface area contributed by atoms with Crippen molar-refractivity contribution in [3.63, 3.8) is 0 Å². The van der Waals surface area contributed by atoms with Gasteiger partial charge in [0, 0.05) is 10.7 Å². The van der Waals surface area contributed by atoms with Gasteiger partial charge >= 0.3 is 5.95 Å². The first-order valence-corrected chi connectivity index (χ1v) is 5.79. The number of carbonyl (C=O) groups is 1. The molecule has 2 rings (SSSR count). The fourth-order valence-electron chi connectivity index (χ4n) is 1.52. The minimum atomic E-state index is -0.731. The lowest BCUT2D eigenvalue weighted by atomic mass is 10.1. The number of benzene rings is 1. The fraction of sp³-hybridized carbons (Fsp3) is 0.182. The Morgan fingerprint density at radius 3 is 2.85 bits per heavy atom. The van der Waals surface area contributed by atoms with Crippen molar-refractivity contribution in [3.8, 4) is 5.75 Å². The van der Waals surface area contributed by atoms with Crippen LogP contribution in [0.5, 0.6) is 5.75 Å². The maximum atomic E-state index is 12.0. The third-order valence-corrected chi connectivity index (χ3v) is 2.76. The Labute approximate surface area is 118 Å². The molecule has 0 aliphatic rings. The molecular weight excluding hydrogens is 288 g/mol. The number of hydrogen-bond acceptors (Lipinski definition) is 6. The van der Waals surface area contributed by atoms with E-state index >= 15 is 0 Å². The Morgan fingerprint density at radius 2 is 2.30 bits per heavy atom. The van der Waals surface area contributed by atoms with E-state index in [1.54, 1.807) is 12.1 Å². The van der Waals surface area contributed by atoms with E-state index in [1.807, 2.05) is 0 Å². The summed E-state index contributed by atoms with van der Waals surface area (Å²) in [5.41, 5.74) is 0.356. The molecular formula is C11H9ClN4O4. The van der Waals surface area contributed by atoms with Gasteiger partial charge in [-0.25, -0.2) is 0 Å². The molecule has 104 valence electrons. The van der Waals surface area contributed by atoms with Gasteiger partial charge in [-0.3, -0.25) is 4.79 Å². The molecule has 0 aliphatic carbocycles. The van der Waals surface area contributed by atoms with Crippen molar-refractivity contribution in [2.24, 2.45) is 0 Å². The molecule has 0 unspecified atom stereocenters. The number of nitro groups is 1. The first kappa shape index (κ1) is 13.9. The average molecular weight is 297 g/mol. The number of Topliss-reactive ketones (excluding diaryl/α,β-unsaturated/α-hetero) is 1. The predicted molar refractivity (Wildman–Crippen MR) is 69.0 cm³/mol. The van der Waals surface area contributed by atoms with Crippen molar-refractivity contribution in [3.05, 3.63) is 45.2 Å². The largest absolute Gasteiger partial charge is 0.495 e. The molecule has 0 aliphatic heterocycles. The third-order valence-electron chi connectivity index (χ3n) is 2.47. The second-order valence-corrected chi connectivity index (χ2v) is 4.18. The zero-order chi connectivity index (χ0) is 14.7. The van der Waals surface area contributed by atoms with Gasteiger partial charge in [-0.1, -0.05) is 16.6 Å². The van der Waals surface area contributed by atoms with Crippen LogP contribution < -0.4 is 4.74 Å². The van der Waals surface area contributed by atoms with Crippen LogP contribution >= 0.6 is 11.6 Å². The van der Waals surface area contributed by atoms with Gasteiger partial charge in [0.1, 0.15) is 12.3 Å². The number of halogens is 1. The molecule has 0 atom stereocenters. The smallest absolute Gasteiger partial charge is 0.490 e. The Bertz CT molecular complexity index is 670. The second-order valence-electron chi connectivity index (χ2n) is 3.77. The minimum Gasteiger partial charge on any atom is -0.495 e. The minimum absolute atomic E-state index is 0.163. The average Bonchev–Trinajstić information content (AvgIpc) is 2.87. The van der Waals surface area contributed by atoms with Crippen LogP contribution in [0.25, 0.3) is 0 Å². The van der Waals surface area contributed by atoms with Crippen LogP contribution in [0.3, 0.4) is 0 Å². The van der Waals surface area contributed by atoms with Gasteiger partial charge in [0.05, 0.1) is 12.1 Å². The molecule has 0 N–H and O–H groups in total. The molecule has 0 saturated carbocycles. The van der Waals surface area contributed by atoms with E-state index in [9.17, 15) is 14.9 Å². The zero-order valence-electron chi connectivity index (χ0n) is 10.3. The summed E-state index contributed by atoms with van der Waals surface area (Å²) in [6, 6.07) is 4.59. The Morgan fingerprint density at radius 1 is 1.55 bits per heavy atom. The van der Waals surface area contributed by atoms with Gasteiger partial charge in [0.25, 0.3) is 0 Å². The second kappa shape index (κ2) is 5.66. The lowest BCUT2D eigenvalue weighted by Gasteiger charge is -2.04. The molecule has 0 amide bonds. The van der Waals surface area contributed by atoms with Crippen LogP contribution in [-0.4, -0.2) is 32.6 Å². The van der Waals surface area contributed by atoms with Crippen molar-refractivity contribution in [1.29, 1.82) is 0 Å². The van der Waals surface area contributed by atoms with Crippen molar-refractivity contribution in [2.45, 2.75) is 6.54 Å². The van der Waals surface area contributed by atoms with Crippen molar-refractivity contribution in [2.75, 3.05) is 7.11 Å². The van der Waals surface area contributed by atoms with Crippen molar-refractivity contribution < 1.29 is 14.5 Å². The molecule has 1 aromatic heterocycles. The Hall–Kier alpha value is -2.48. The molecule has 0 spiro atoms. The summed E-state index contributed by atoms with van der Waals surface area (Å²) in [6.45, 7) is -0.163. The van der Waals surface area contributed by atoms with E-state index in [4.69, 9.17) is 16.3 Å². The molecule has 0 saturated heterocycles. The summed E-state index contributed by atoms with van der Waals surface area (Å²) >= 11 is 5.92.